The van der Waals surface area contributed by atoms with Crippen LogP contribution in [0.4, 0.5) is 9.52 Å². The van der Waals surface area contributed by atoms with Crippen LogP contribution < -0.4 is 10.1 Å². The zero-order valence-electron chi connectivity index (χ0n) is 14.7. The summed E-state index contributed by atoms with van der Waals surface area (Å²) in [7, 11) is 0. The van der Waals surface area contributed by atoms with Gasteiger partial charge in [-0.15, -0.1) is 10.2 Å². The lowest BCUT2D eigenvalue weighted by Crippen LogP contribution is -2.07. The molecule has 1 N–H and O–H groups in total. The lowest BCUT2D eigenvalue weighted by atomic mass is 10.2. The largest absolute Gasteiger partial charge is 0.493 e. The van der Waals surface area contributed by atoms with Gasteiger partial charge >= 0.3 is 0 Å². The van der Waals surface area contributed by atoms with Crippen LogP contribution in [-0.4, -0.2) is 22.7 Å². The minimum absolute atomic E-state index is 0.315. The molecule has 1 amide bonds. The van der Waals surface area contributed by atoms with E-state index in [0.29, 0.717) is 18.2 Å². The standard InChI is InChI=1S/C20H18FN3O2S/c1-14-3-2-4-17(13-14)26-12-11-19-23-24-20(27-19)22-18(25)10-7-15-5-8-16(21)9-6-15/h2-10,13H,11-12H2,1H3,(H,22,24,25)/b10-7+. The van der Waals surface area contributed by atoms with Crippen molar-refractivity contribution in [3.63, 3.8) is 0 Å². The molecule has 2 aromatic carbocycles. The predicted octanol–water partition coefficient (Wildman–Crippen LogP) is 4.26. The molecule has 27 heavy (non-hydrogen) atoms. The molecular formula is C20H18FN3O2S. The topological polar surface area (TPSA) is 64.1 Å². The van der Waals surface area contributed by atoms with Crippen molar-refractivity contribution in [2.24, 2.45) is 0 Å². The summed E-state index contributed by atoms with van der Waals surface area (Å²) in [6.45, 7) is 2.49. The van der Waals surface area contributed by atoms with E-state index in [4.69, 9.17) is 4.74 Å². The Morgan fingerprint density at radius 2 is 2.04 bits per heavy atom. The molecule has 3 rings (SSSR count). The smallest absolute Gasteiger partial charge is 0.250 e. The lowest BCUT2D eigenvalue weighted by molar-refractivity contribution is -0.111. The van der Waals surface area contributed by atoms with Gasteiger partial charge in [-0.2, -0.15) is 0 Å². The number of halogens is 1. The number of anilines is 1. The molecule has 1 heterocycles. The Labute approximate surface area is 160 Å². The fourth-order valence-corrected chi connectivity index (χ4v) is 2.98. The van der Waals surface area contributed by atoms with Gasteiger partial charge in [0.1, 0.15) is 16.6 Å². The van der Waals surface area contributed by atoms with Crippen molar-refractivity contribution in [3.05, 3.63) is 76.6 Å². The highest BCUT2D eigenvalue weighted by Crippen LogP contribution is 2.17. The second-order valence-electron chi connectivity index (χ2n) is 5.79. The molecule has 0 atom stereocenters. The molecule has 0 aliphatic carbocycles. The van der Waals surface area contributed by atoms with Crippen LogP contribution in [0.25, 0.3) is 6.08 Å². The van der Waals surface area contributed by atoms with Crippen molar-refractivity contribution >= 4 is 28.5 Å². The third-order valence-corrected chi connectivity index (χ3v) is 4.47. The molecule has 0 aliphatic heterocycles. The zero-order chi connectivity index (χ0) is 19.1. The van der Waals surface area contributed by atoms with Crippen molar-refractivity contribution in [2.45, 2.75) is 13.3 Å². The van der Waals surface area contributed by atoms with Gasteiger partial charge in [-0.3, -0.25) is 10.1 Å². The highest BCUT2D eigenvalue weighted by atomic mass is 32.1. The quantitative estimate of drug-likeness (QED) is 0.619. The van der Waals surface area contributed by atoms with E-state index in [0.717, 1.165) is 21.9 Å². The van der Waals surface area contributed by atoms with Crippen LogP contribution in [0.3, 0.4) is 0 Å². The first-order valence-electron chi connectivity index (χ1n) is 8.35. The van der Waals surface area contributed by atoms with Crippen molar-refractivity contribution in [1.29, 1.82) is 0 Å². The molecule has 0 unspecified atom stereocenters. The second kappa shape index (κ2) is 9.05. The molecule has 0 spiro atoms. The third kappa shape index (κ3) is 6.00. The van der Waals surface area contributed by atoms with E-state index in [1.807, 2.05) is 31.2 Å². The molecule has 0 fully saturated rings. The average Bonchev–Trinajstić information content (AvgIpc) is 3.08. The number of aryl methyl sites for hydroxylation is 1. The Morgan fingerprint density at radius 1 is 1.22 bits per heavy atom. The maximum absolute atomic E-state index is 12.9. The zero-order valence-corrected chi connectivity index (χ0v) is 15.5. The van der Waals surface area contributed by atoms with E-state index < -0.39 is 0 Å². The summed E-state index contributed by atoms with van der Waals surface area (Å²) in [5.74, 6) is 0.182. The van der Waals surface area contributed by atoms with Gasteiger partial charge in [0.25, 0.3) is 0 Å². The normalized spacial score (nSPS) is 10.9. The van der Waals surface area contributed by atoms with Crippen molar-refractivity contribution in [2.75, 3.05) is 11.9 Å². The first-order chi connectivity index (χ1) is 13.1. The van der Waals surface area contributed by atoms with Crippen LogP contribution in [0.15, 0.2) is 54.6 Å². The van der Waals surface area contributed by atoms with E-state index in [2.05, 4.69) is 15.5 Å². The molecule has 3 aromatic rings. The number of hydrogen-bond acceptors (Lipinski definition) is 5. The Morgan fingerprint density at radius 3 is 2.81 bits per heavy atom. The summed E-state index contributed by atoms with van der Waals surface area (Å²) >= 11 is 1.31. The predicted molar refractivity (Wildman–Crippen MR) is 104 cm³/mol. The Bertz CT molecular complexity index is 938. The first kappa shape index (κ1) is 18.7. The number of amides is 1. The summed E-state index contributed by atoms with van der Waals surface area (Å²) in [4.78, 5) is 11.9. The Kier molecular flexibility index (Phi) is 6.27. The van der Waals surface area contributed by atoms with E-state index in [1.54, 1.807) is 18.2 Å². The van der Waals surface area contributed by atoms with E-state index in [1.165, 1.54) is 29.5 Å². The molecule has 5 nitrogen and oxygen atoms in total. The van der Waals surface area contributed by atoms with Gasteiger partial charge in [0.15, 0.2) is 0 Å². The number of rotatable bonds is 7. The van der Waals surface area contributed by atoms with Gasteiger partial charge in [-0.05, 0) is 48.4 Å². The Hall–Kier alpha value is -3.06. The number of hydrogen-bond donors (Lipinski definition) is 1. The third-order valence-electron chi connectivity index (χ3n) is 3.57. The number of carbonyl (C=O) groups is 1. The second-order valence-corrected chi connectivity index (χ2v) is 6.85. The van der Waals surface area contributed by atoms with Gasteiger partial charge in [-0.25, -0.2) is 4.39 Å². The van der Waals surface area contributed by atoms with Crippen molar-refractivity contribution in [3.8, 4) is 5.75 Å². The summed E-state index contributed by atoms with van der Waals surface area (Å²) in [6.07, 6.45) is 3.58. The van der Waals surface area contributed by atoms with Gasteiger partial charge in [0.2, 0.25) is 11.0 Å². The molecule has 0 saturated heterocycles. The summed E-state index contributed by atoms with van der Waals surface area (Å²) < 4.78 is 18.5. The number of aromatic nitrogens is 2. The average molecular weight is 383 g/mol. The van der Waals surface area contributed by atoms with Crippen LogP contribution in [0, 0.1) is 12.7 Å². The first-order valence-corrected chi connectivity index (χ1v) is 9.16. The number of benzene rings is 2. The van der Waals surface area contributed by atoms with Crippen molar-refractivity contribution < 1.29 is 13.9 Å². The van der Waals surface area contributed by atoms with Gasteiger partial charge in [0.05, 0.1) is 6.61 Å². The maximum Gasteiger partial charge on any atom is 0.250 e. The molecule has 7 heteroatoms. The fraction of sp³-hybridized carbons (Fsp3) is 0.150. The van der Waals surface area contributed by atoms with Gasteiger partial charge in [0, 0.05) is 12.5 Å². The molecular weight excluding hydrogens is 365 g/mol. The minimum Gasteiger partial charge on any atom is -0.493 e. The monoisotopic (exact) mass is 383 g/mol. The molecule has 0 radical (unpaired) electrons. The maximum atomic E-state index is 12.9. The molecule has 0 saturated carbocycles. The number of carbonyl (C=O) groups excluding carboxylic acids is 1. The highest BCUT2D eigenvalue weighted by Gasteiger charge is 2.07. The summed E-state index contributed by atoms with van der Waals surface area (Å²) in [5.41, 5.74) is 1.87. The van der Waals surface area contributed by atoms with Crippen LogP contribution >= 0.6 is 11.3 Å². The molecule has 0 aliphatic rings. The van der Waals surface area contributed by atoms with E-state index in [9.17, 15) is 9.18 Å². The van der Waals surface area contributed by atoms with Gasteiger partial charge < -0.3 is 4.74 Å². The summed E-state index contributed by atoms with van der Waals surface area (Å²) in [5, 5.41) is 11.9. The summed E-state index contributed by atoms with van der Waals surface area (Å²) in [6, 6.07) is 13.7. The number of ether oxygens (including phenoxy) is 1. The molecule has 138 valence electrons. The number of nitrogens with zero attached hydrogens (tertiary/aromatic N) is 2. The Balaban J connectivity index is 1.47. The van der Waals surface area contributed by atoms with Gasteiger partial charge in [-0.1, -0.05) is 35.6 Å². The van der Waals surface area contributed by atoms with Crippen LogP contribution in [0.1, 0.15) is 16.1 Å². The van der Waals surface area contributed by atoms with Crippen LogP contribution in [-0.2, 0) is 11.2 Å². The highest BCUT2D eigenvalue weighted by molar-refractivity contribution is 7.15. The fourth-order valence-electron chi connectivity index (χ4n) is 2.26. The lowest BCUT2D eigenvalue weighted by Gasteiger charge is -2.04. The van der Waals surface area contributed by atoms with Crippen LogP contribution in [0.5, 0.6) is 5.75 Å². The van der Waals surface area contributed by atoms with Crippen LogP contribution in [0.2, 0.25) is 0 Å². The van der Waals surface area contributed by atoms with E-state index >= 15 is 0 Å². The minimum atomic E-state index is -0.321. The molecule has 1 aromatic heterocycles. The van der Waals surface area contributed by atoms with E-state index in [-0.39, 0.29) is 11.7 Å². The molecule has 0 bridgehead atoms. The SMILES string of the molecule is Cc1cccc(OCCc2nnc(NC(=O)/C=C/c3ccc(F)cc3)s2)c1. The van der Waals surface area contributed by atoms with Crippen molar-refractivity contribution in [1.82, 2.24) is 10.2 Å². The number of nitrogens with one attached hydrogen (secondary N) is 1.